The molecule has 0 spiro atoms. The Hall–Kier alpha value is -2.10. The van der Waals surface area contributed by atoms with Gasteiger partial charge < -0.3 is 9.64 Å². The van der Waals surface area contributed by atoms with Crippen LogP contribution in [0.2, 0.25) is 0 Å². The Morgan fingerprint density at radius 1 is 1.24 bits per heavy atom. The molecule has 0 saturated carbocycles. The first-order chi connectivity index (χ1) is 10.3. The van der Waals surface area contributed by atoms with Gasteiger partial charge in [0.1, 0.15) is 0 Å². The molecule has 2 aliphatic rings. The second-order valence-corrected chi connectivity index (χ2v) is 5.95. The minimum Gasteiger partial charge on any atom is -0.453 e. The molecular formula is C17H18N2O2. The van der Waals surface area contributed by atoms with Crippen molar-refractivity contribution in [3.63, 3.8) is 0 Å². The highest BCUT2D eigenvalue weighted by Crippen LogP contribution is 2.46. The van der Waals surface area contributed by atoms with E-state index in [1.165, 1.54) is 7.11 Å². The van der Waals surface area contributed by atoms with Gasteiger partial charge >= 0.3 is 6.09 Å². The molecule has 0 radical (unpaired) electrons. The van der Waals surface area contributed by atoms with Crippen molar-refractivity contribution in [2.24, 2.45) is 0 Å². The van der Waals surface area contributed by atoms with E-state index in [4.69, 9.17) is 9.72 Å². The van der Waals surface area contributed by atoms with E-state index in [1.54, 1.807) is 0 Å². The zero-order valence-electron chi connectivity index (χ0n) is 12.0. The number of rotatable bonds is 1. The predicted molar refractivity (Wildman–Crippen MR) is 80.2 cm³/mol. The van der Waals surface area contributed by atoms with Crippen molar-refractivity contribution in [2.45, 2.75) is 37.3 Å². The number of aromatic nitrogens is 1. The van der Waals surface area contributed by atoms with E-state index in [0.29, 0.717) is 12.0 Å². The van der Waals surface area contributed by atoms with E-state index in [2.05, 4.69) is 18.2 Å². The molecule has 1 amide bonds. The molecule has 1 aromatic heterocycles. The van der Waals surface area contributed by atoms with Crippen LogP contribution in [0.5, 0.6) is 0 Å². The number of hydrogen-bond acceptors (Lipinski definition) is 3. The first kappa shape index (κ1) is 12.6. The molecule has 2 fully saturated rings. The lowest BCUT2D eigenvalue weighted by Gasteiger charge is -2.23. The Bertz CT molecular complexity index is 700. The predicted octanol–water partition coefficient (Wildman–Crippen LogP) is 3.32. The molecule has 2 aliphatic heterocycles. The van der Waals surface area contributed by atoms with Crippen LogP contribution in [0.1, 0.15) is 30.9 Å². The number of benzene rings is 1. The smallest absolute Gasteiger partial charge is 0.410 e. The summed E-state index contributed by atoms with van der Waals surface area (Å²) in [5.74, 6) is 0.340. The van der Waals surface area contributed by atoms with Gasteiger partial charge in [-0.05, 0) is 31.4 Å². The van der Waals surface area contributed by atoms with E-state index in [0.717, 1.165) is 35.9 Å². The van der Waals surface area contributed by atoms with Gasteiger partial charge in [0, 0.05) is 29.1 Å². The molecule has 21 heavy (non-hydrogen) atoms. The molecule has 4 nitrogen and oxygen atoms in total. The van der Waals surface area contributed by atoms with Gasteiger partial charge in [0.05, 0.1) is 12.6 Å². The fourth-order valence-electron chi connectivity index (χ4n) is 3.98. The van der Waals surface area contributed by atoms with Gasteiger partial charge in [-0.3, -0.25) is 4.98 Å². The van der Waals surface area contributed by atoms with Gasteiger partial charge in [0.15, 0.2) is 0 Å². The van der Waals surface area contributed by atoms with Crippen LogP contribution in [0.3, 0.4) is 0 Å². The van der Waals surface area contributed by atoms with Crippen LogP contribution in [0, 0.1) is 0 Å². The first-order valence-corrected chi connectivity index (χ1v) is 7.50. The van der Waals surface area contributed by atoms with Crippen LogP contribution >= 0.6 is 0 Å². The summed E-state index contributed by atoms with van der Waals surface area (Å²) in [7, 11) is 1.46. The maximum Gasteiger partial charge on any atom is 0.410 e. The van der Waals surface area contributed by atoms with Crippen molar-refractivity contribution in [1.82, 2.24) is 9.88 Å². The van der Waals surface area contributed by atoms with Gasteiger partial charge in [0.2, 0.25) is 0 Å². The Kier molecular flexibility index (Phi) is 2.84. The van der Waals surface area contributed by atoms with Crippen LogP contribution in [0.15, 0.2) is 36.4 Å². The maximum atomic E-state index is 11.9. The lowest BCUT2D eigenvalue weighted by molar-refractivity contribution is 0.116. The number of carbonyl (C=O) groups is 1. The number of carbonyl (C=O) groups excluding carboxylic acids is 1. The van der Waals surface area contributed by atoms with Crippen molar-refractivity contribution in [1.29, 1.82) is 0 Å². The average Bonchev–Trinajstić information content (AvgIpc) is 3.11. The monoisotopic (exact) mass is 282 g/mol. The number of methoxy groups -OCH3 is 1. The van der Waals surface area contributed by atoms with Crippen molar-refractivity contribution < 1.29 is 9.53 Å². The van der Waals surface area contributed by atoms with Gasteiger partial charge in [-0.2, -0.15) is 0 Å². The highest BCUT2D eigenvalue weighted by atomic mass is 16.5. The van der Waals surface area contributed by atoms with E-state index >= 15 is 0 Å². The summed E-state index contributed by atoms with van der Waals surface area (Å²) < 4.78 is 4.94. The summed E-state index contributed by atoms with van der Waals surface area (Å²) in [5, 5.41) is 1.16. The number of para-hydroxylation sites is 1. The van der Waals surface area contributed by atoms with Crippen LogP contribution in [-0.2, 0) is 4.74 Å². The molecular weight excluding hydrogens is 264 g/mol. The third kappa shape index (κ3) is 1.89. The molecule has 4 heteroatoms. The zero-order chi connectivity index (χ0) is 14.4. The summed E-state index contributed by atoms with van der Waals surface area (Å²) in [6.07, 6.45) is 2.96. The third-order valence-corrected chi connectivity index (χ3v) is 4.92. The molecule has 2 saturated heterocycles. The topological polar surface area (TPSA) is 42.4 Å². The van der Waals surface area contributed by atoms with Gasteiger partial charge in [-0.25, -0.2) is 4.79 Å². The number of ether oxygens (including phenoxy) is 1. The minimum absolute atomic E-state index is 0.189. The first-order valence-electron chi connectivity index (χ1n) is 7.50. The molecule has 0 aliphatic carbocycles. The molecule has 2 bridgehead atoms. The lowest BCUT2D eigenvalue weighted by atomic mass is 9.86. The fourth-order valence-corrected chi connectivity index (χ4v) is 3.98. The Labute approximate surface area is 123 Å². The third-order valence-electron chi connectivity index (χ3n) is 4.92. The molecule has 4 rings (SSSR count). The zero-order valence-corrected chi connectivity index (χ0v) is 12.0. The van der Waals surface area contributed by atoms with Gasteiger partial charge in [0.25, 0.3) is 0 Å². The van der Waals surface area contributed by atoms with Crippen LogP contribution in [0.4, 0.5) is 4.79 Å². The summed E-state index contributed by atoms with van der Waals surface area (Å²) in [5.41, 5.74) is 2.14. The molecule has 0 N–H and O–H groups in total. The standard InChI is InChI=1S/C17H18N2O2/c1-21-17(20)19-12-7-9-16(19)13(10-12)15-8-6-11-4-2-3-5-14(11)18-15/h2-6,8,12-13,16H,7,9-10H2,1H3. The molecule has 3 unspecified atom stereocenters. The van der Waals surface area contributed by atoms with Gasteiger partial charge in [-0.15, -0.1) is 0 Å². The SMILES string of the molecule is COC(=O)N1C2CCC1C(c1ccc3ccccc3n1)C2. The van der Waals surface area contributed by atoms with Crippen molar-refractivity contribution in [3.05, 3.63) is 42.1 Å². The van der Waals surface area contributed by atoms with E-state index < -0.39 is 0 Å². The van der Waals surface area contributed by atoms with E-state index in [9.17, 15) is 4.79 Å². The quantitative estimate of drug-likeness (QED) is 0.805. The number of hydrogen-bond donors (Lipinski definition) is 0. The van der Waals surface area contributed by atoms with Crippen LogP contribution in [0.25, 0.3) is 10.9 Å². The summed E-state index contributed by atoms with van der Waals surface area (Å²) in [6.45, 7) is 0. The molecule has 3 atom stereocenters. The van der Waals surface area contributed by atoms with Crippen LogP contribution < -0.4 is 0 Å². The Morgan fingerprint density at radius 3 is 2.95 bits per heavy atom. The summed E-state index contributed by atoms with van der Waals surface area (Å²) in [6, 6.07) is 13.0. The molecule has 2 aromatic rings. The molecule has 3 heterocycles. The van der Waals surface area contributed by atoms with E-state index in [1.807, 2.05) is 23.1 Å². The number of amides is 1. The normalized spacial score (nSPS) is 27.3. The highest BCUT2D eigenvalue weighted by Gasteiger charge is 2.50. The molecule has 108 valence electrons. The highest BCUT2D eigenvalue weighted by molar-refractivity contribution is 5.78. The Morgan fingerprint density at radius 2 is 2.10 bits per heavy atom. The Balaban J connectivity index is 1.68. The molecule has 1 aromatic carbocycles. The number of pyridine rings is 1. The fraction of sp³-hybridized carbons (Fsp3) is 0.412. The van der Waals surface area contributed by atoms with Crippen molar-refractivity contribution >= 4 is 17.0 Å². The van der Waals surface area contributed by atoms with Crippen LogP contribution in [-0.4, -0.2) is 35.2 Å². The van der Waals surface area contributed by atoms with E-state index in [-0.39, 0.29) is 12.1 Å². The van der Waals surface area contributed by atoms with Crippen molar-refractivity contribution in [2.75, 3.05) is 7.11 Å². The maximum absolute atomic E-state index is 11.9. The number of fused-ring (bicyclic) bond motifs is 3. The second kappa shape index (κ2) is 4.72. The minimum atomic E-state index is -0.189. The largest absolute Gasteiger partial charge is 0.453 e. The van der Waals surface area contributed by atoms with Crippen molar-refractivity contribution in [3.8, 4) is 0 Å². The van der Waals surface area contributed by atoms with Gasteiger partial charge in [-0.1, -0.05) is 24.3 Å². The summed E-state index contributed by atoms with van der Waals surface area (Å²) in [4.78, 5) is 18.7. The second-order valence-electron chi connectivity index (χ2n) is 5.95. The average molecular weight is 282 g/mol. The number of nitrogens with zero attached hydrogens (tertiary/aromatic N) is 2. The summed E-state index contributed by atoms with van der Waals surface area (Å²) >= 11 is 0. The lowest BCUT2D eigenvalue weighted by Crippen LogP contribution is -2.36.